The van der Waals surface area contributed by atoms with E-state index in [0.29, 0.717) is 24.5 Å². The molecular weight excluding hydrogens is 462 g/mol. The largest absolute Gasteiger partial charge is 0.469 e. The lowest BCUT2D eigenvalue weighted by atomic mass is 9.33. The van der Waals surface area contributed by atoms with E-state index in [0.717, 1.165) is 51.4 Å². The number of carbonyl (C=O) groups is 3. The molecule has 0 radical (unpaired) electrons. The molecule has 5 nitrogen and oxygen atoms in total. The Morgan fingerprint density at radius 3 is 2.22 bits per heavy atom. The molecule has 0 amide bonds. The average molecular weight is 512 g/mol. The minimum atomic E-state index is -0.541. The van der Waals surface area contributed by atoms with Crippen molar-refractivity contribution < 1.29 is 19.1 Å². The van der Waals surface area contributed by atoms with E-state index in [1.165, 1.54) is 7.11 Å². The number of methoxy groups -OCH3 is 1. The minimum Gasteiger partial charge on any atom is -0.469 e. The van der Waals surface area contributed by atoms with Gasteiger partial charge in [-0.15, -0.1) is 0 Å². The molecule has 5 heteroatoms. The molecule has 5 unspecified atom stereocenters. The summed E-state index contributed by atoms with van der Waals surface area (Å²) >= 11 is 0. The molecule has 4 fully saturated rings. The van der Waals surface area contributed by atoms with Crippen LogP contribution in [0.4, 0.5) is 0 Å². The zero-order chi connectivity index (χ0) is 27.6. The van der Waals surface area contributed by atoms with Crippen molar-refractivity contribution >= 4 is 17.5 Å². The van der Waals surface area contributed by atoms with Crippen molar-refractivity contribution in [3.63, 3.8) is 0 Å². The number of fused-ring (bicyclic) bond motifs is 5. The van der Waals surface area contributed by atoms with Crippen LogP contribution < -0.4 is 0 Å². The summed E-state index contributed by atoms with van der Waals surface area (Å²) in [5.41, 5.74) is -1.30. The average Bonchev–Trinajstić information content (AvgIpc) is 3.24. The van der Waals surface area contributed by atoms with Gasteiger partial charge in [-0.3, -0.25) is 14.4 Å². The molecule has 0 heterocycles. The molecule has 9 atom stereocenters. The first-order valence-electron chi connectivity index (χ1n) is 14.7. The number of ketones is 2. The van der Waals surface area contributed by atoms with Gasteiger partial charge in [0.2, 0.25) is 0 Å². The quantitative estimate of drug-likeness (QED) is 0.361. The van der Waals surface area contributed by atoms with Crippen molar-refractivity contribution in [2.24, 2.45) is 56.7 Å². The van der Waals surface area contributed by atoms with Crippen LogP contribution in [0.2, 0.25) is 0 Å². The zero-order valence-electron chi connectivity index (χ0n) is 24.5. The van der Waals surface area contributed by atoms with Crippen LogP contribution in [0.1, 0.15) is 113 Å². The van der Waals surface area contributed by atoms with Crippen LogP contribution in [0.25, 0.3) is 0 Å². The van der Waals surface area contributed by atoms with Crippen LogP contribution in [-0.4, -0.2) is 24.6 Å². The van der Waals surface area contributed by atoms with Gasteiger partial charge >= 0.3 is 5.97 Å². The minimum absolute atomic E-state index is 0.0183. The molecule has 0 aromatic heterocycles. The van der Waals surface area contributed by atoms with Crippen molar-refractivity contribution in [2.45, 2.75) is 113 Å². The Balaban J connectivity index is 1.80. The standard InChI is InChI=1S/C32H49NO4/c1-9-25(35)28(3,4)23-13-14-31(7)24(29(23,5)18-19-33)11-10-22-26-21(20(2)34)12-15-32(26,27(36)37-8)17-16-30(22,31)6/h21-24,26H,9-18H2,1-8H3/t21-,22?,23?,24?,26?,29-,30+,31+,32?/m0/s1. The number of nitriles is 1. The van der Waals surface area contributed by atoms with E-state index in [4.69, 9.17) is 4.74 Å². The molecule has 0 aromatic carbocycles. The Bertz CT molecular complexity index is 1010. The van der Waals surface area contributed by atoms with E-state index in [-0.39, 0.29) is 51.7 Å². The molecule has 4 aliphatic rings. The van der Waals surface area contributed by atoms with Gasteiger partial charge in [0.15, 0.2) is 0 Å². The first-order chi connectivity index (χ1) is 17.2. The highest BCUT2D eigenvalue weighted by atomic mass is 16.5. The van der Waals surface area contributed by atoms with Gasteiger partial charge in [-0.2, -0.15) is 5.26 Å². The molecule has 4 aliphatic carbocycles. The Kier molecular flexibility index (Phi) is 7.04. The Labute approximate surface area is 224 Å². The highest BCUT2D eigenvalue weighted by Gasteiger charge is 2.72. The summed E-state index contributed by atoms with van der Waals surface area (Å²) in [6.45, 7) is 15.1. The Morgan fingerprint density at radius 2 is 1.65 bits per heavy atom. The SMILES string of the molecule is CCC(=O)C(C)(C)C1CC[C@]2(C)C(CCC3C4[C@H](C(C)=O)CCC4(C(=O)OC)CC[C@]32C)[C@@]1(C)CC#N. The fourth-order valence-corrected chi connectivity index (χ4v) is 11.2. The topological polar surface area (TPSA) is 84.2 Å². The third-order valence-electron chi connectivity index (χ3n) is 13.2. The van der Waals surface area contributed by atoms with Crippen LogP contribution in [0, 0.1) is 68.0 Å². The van der Waals surface area contributed by atoms with Gasteiger partial charge in [0, 0.05) is 24.2 Å². The summed E-state index contributed by atoms with van der Waals surface area (Å²) in [6, 6.07) is 2.54. The summed E-state index contributed by atoms with van der Waals surface area (Å²) in [4.78, 5) is 39.4. The second kappa shape index (κ2) is 9.20. The number of nitrogens with zero attached hydrogens (tertiary/aromatic N) is 1. The zero-order valence-corrected chi connectivity index (χ0v) is 24.5. The fraction of sp³-hybridized carbons (Fsp3) is 0.875. The molecule has 0 N–H and O–H groups in total. The number of Topliss-reactive ketones (excluding diaryl/α,β-unsaturated/α-hetero) is 2. The Morgan fingerprint density at radius 1 is 0.973 bits per heavy atom. The van der Waals surface area contributed by atoms with Crippen LogP contribution >= 0.6 is 0 Å². The van der Waals surface area contributed by atoms with E-state index in [1.807, 2.05) is 6.92 Å². The van der Waals surface area contributed by atoms with Crippen LogP contribution in [0.5, 0.6) is 0 Å². The van der Waals surface area contributed by atoms with E-state index < -0.39 is 10.8 Å². The molecular formula is C32H49NO4. The second-order valence-electron chi connectivity index (χ2n) is 14.4. The van der Waals surface area contributed by atoms with Gasteiger partial charge in [0.25, 0.3) is 0 Å². The summed E-state index contributed by atoms with van der Waals surface area (Å²) in [7, 11) is 1.50. The normalized spacial score (nSPS) is 45.1. The molecule has 206 valence electrons. The number of carbonyl (C=O) groups excluding carboxylic acids is 3. The number of hydrogen-bond acceptors (Lipinski definition) is 5. The number of esters is 1. The van der Waals surface area contributed by atoms with Crippen molar-refractivity contribution in [1.29, 1.82) is 5.26 Å². The van der Waals surface area contributed by atoms with Crippen LogP contribution in [-0.2, 0) is 19.1 Å². The molecule has 4 rings (SSSR count). The highest BCUT2D eigenvalue weighted by Crippen LogP contribution is 2.76. The van der Waals surface area contributed by atoms with Gasteiger partial charge in [0.05, 0.1) is 18.6 Å². The summed E-state index contributed by atoms with van der Waals surface area (Å²) < 4.78 is 5.40. The predicted molar refractivity (Wildman–Crippen MR) is 143 cm³/mol. The fourth-order valence-electron chi connectivity index (χ4n) is 11.2. The third kappa shape index (κ3) is 3.63. The van der Waals surface area contributed by atoms with Crippen LogP contribution in [0.15, 0.2) is 0 Å². The summed E-state index contributed by atoms with van der Waals surface area (Å²) in [5.74, 6) is 1.12. The molecule has 4 saturated carbocycles. The first-order valence-corrected chi connectivity index (χ1v) is 14.7. The van der Waals surface area contributed by atoms with Gasteiger partial charge in [0.1, 0.15) is 11.6 Å². The number of hydrogen-bond donors (Lipinski definition) is 0. The van der Waals surface area contributed by atoms with Gasteiger partial charge in [-0.05, 0) is 98.2 Å². The van der Waals surface area contributed by atoms with E-state index in [1.54, 1.807) is 6.92 Å². The van der Waals surface area contributed by atoms with Gasteiger partial charge in [-0.25, -0.2) is 0 Å². The lowest BCUT2D eigenvalue weighted by Crippen LogP contribution is -2.66. The van der Waals surface area contributed by atoms with E-state index in [2.05, 4.69) is 40.7 Å². The molecule has 0 saturated heterocycles. The van der Waals surface area contributed by atoms with E-state index >= 15 is 0 Å². The predicted octanol–water partition coefficient (Wildman–Crippen LogP) is 6.93. The molecule has 37 heavy (non-hydrogen) atoms. The maximum atomic E-state index is 13.3. The molecule has 0 spiro atoms. The second-order valence-corrected chi connectivity index (χ2v) is 14.4. The van der Waals surface area contributed by atoms with Crippen molar-refractivity contribution in [3.8, 4) is 6.07 Å². The third-order valence-corrected chi connectivity index (χ3v) is 13.2. The maximum Gasteiger partial charge on any atom is 0.312 e. The number of rotatable bonds is 6. The molecule has 0 bridgehead atoms. The van der Waals surface area contributed by atoms with Gasteiger partial charge in [-0.1, -0.05) is 41.5 Å². The maximum absolute atomic E-state index is 13.3. The monoisotopic (exact) mass is 511 g/mol. The highest BCUT2D eigenvalue weighted by molar-refractivity contribution is 5.84. The Hall–Kier alpha value is -1.70. The lowest BCUT2D eigenvalue weighted by molar-refractivity contribution is -0.229. The summed E-state index contributed by atoms with van der Waals surface area (Å²) in [6.07, 6.45) is 8.18. The molecule has 0 aromatic rings. The van der Waals surface area contributed by atoms with Crippen molar-refractivity contribution in [1.82, 2.24) is 0 Å². The summed E-state index contributed by atoms with van der Waals surface area (Å²) in [5, 5.41) is 10.1. The first kappa shape index (κ1) is 28.3. The van der Waals surface area contributed by atoms with Crippen molar-refractivity contribution in [3.05, 3.63) is 0 Å². The lowest BCUT2D eigenvalue weighted by Gasteiger charge is -2.71. The van der Waals surface area contributed by atoms with E-state index in [9.17, 15) is 19.6 Å². The van der Waals surface area contributed by atoms with Crippen molar-refractivity contribution in [2.75, 3.05) is 7.11 Å². The molecule has 0 aliphatic heterocycles. The smallest absolute Gasteiger partial charge is 0.312 e. The number of ether oxygens (including phenoxy) is 1. The van der Waals surface area contributed by atoms with Gasteiger partial charge < -0.3 is 4.74 Å². The van der Waals surface area contributed by atoms with Crippen LogP contribution in [0.3, 0.4) is 0 Å².